The molecule has 2 aromatic rings. The van der Waals surface area contributed by atoms with Gasteiger partial charge in [-0.1, -0.05) is 43.7 Å². The van der Waals surface area contributed by atoms with E-state index in [1.54, 1.807) is 6.07 Å². The molecule has 2 aromatic carbocycles. The summed E-state index contributed by atoms with van der Waals surface area (Å²) in [5, 5.41) is 3.54. The first-order valence-corrected chi connectivity index (χ1v) is 10.3. The van der Waals surface area contributed by atoms with Crippen molar-refractivity contribution >= 4 is 27.5 Å². The molecule has 0 saturated carbocycles. The minimum Gasteiger partial charge on any atom is -0.351 e. The molecule has 0 unspecified atom stereocenters. The van der Waals surface area contributed by atoms with Crippen LogP contribution >= 0.6 is 11.6 Å². The summed E-state index contributed by atoms with van der Waals surface area (Å²) >= 11 is 6.05. The molecule has 0 bridgehead atoms. The number of carbonyl (C=O) groups excluding carboxylic acids is 1. The third-order valence-corrected chi connectivity index (χ3v) is 5.82. The first-order valence-electron chi connectivity index (χ1n) is 8.40. The van der Waals surface area contributed by atoms with Crippen molar-refractivity contribution in [3.05, 3.63) is 77.3 Å². The van der Waals surface area contributed by atoms with Crippen molar-refractivity contribution in [2.24, 2.45) is 0 Å². The smallest absolute Gasteiger partial charge is 0.251 e. The number of carbonyl (C=O) groups is 1. The minimum absolute atomic E-state index is 0.0974. The summed E-state index contributed by atoms with van der Waals surface area (Å²) in [6, 6.07) is 13.3. The van der Waals surface area contributed by atoms with Gasteiger partial charge in [-0.05, 0) is 42.0 Å². The Labute approximate surface area is 165 Å². The predicted molar refractivity (Wildman–Crippen MR) is 109 cm³/mol. The van der Waals surface area contributed by atoms with Crippen LogP contribution in [0.1, 0.15) is 29.8 Å². The van der Waals surface area contributed by atoms with Gasteiger partial charge in [0.2, 0.25) is 10.0 Å². The van der Waals surface area contributed by atoms with E-state index in [1.165, 1.54) is 30.3 Å². The van der Waals surface area contributed by atoms with E-state index < -0.39 is 10.0 Å². The van der Waals surface area contributed by atoms with Crippen LogP contribution in [0.15, 0.2) is 66.1 Å². The zero-order valence-corrected chi connectivity index (χ0v) is 16.9. The molecule has 0 spiro atoms. The summed E-state index contributed by atoms with van der Waals surface area (Å²) in [5.74, 6) is -0.270. The fourth-order valence-electron chi connectivity index (χ4n) is 2.45. The number of hydrogen-bond donors (Lipinski definition) is 2. The molecular formula is C20H23ClN2O3S. The van der Waals surface area contributed by atoms with Crippen LogP contribution in [0.4, 0.5) is 0 Å². The molecule has 5 nitrogen and oxygen atoms in total. The molecule has 0 aliphatic carbocycles. The van der Waals surface area contributed by atoms with Gasteiger partial charge in [0.05, 0.1) is 4.90 Å². The second-order valence-electron chi connectivity index (χ2n) is 6.74. The fraction of sp³-hybridized carbons (Fsp3) is 0.250. The minimum atomic E-state index is -3.61. The van der Waals surface area contributed by atoms with Crippen molar-refractivity contribution in [2.45, 2.75) is 24.2 Å². The Bertz CT molecular complexity index is 922. The number of hydrogen-bond acceptors (Lipinski definition) is 3. The Morgan fingerprint density at radius 1 is 1.19 bits per heavy atom. The molecule has 1 amide bonds. The van der Waals surface area contributed by atoms with Gasteiger partial charge in [-0.25, -0.2) is 13.1 Å². The van der Waals surface area contributed by atoms with Crippen LogP contribution < -0.4 is 10.0 Å². The largest absolute Gasteiger partial charge is 0.351 e. The standard InChI is InChI=1S/C20H23ClN2O3S/c1-4-12-23-27(25,26)18-10-8-15(9-11-18)19(24)22-14-20(2,3)16-6-5-7-17(21)13-16/h4-11,13,23H,1,12,14H2,2-3H3,(H,22,24). The Hall–Kier alpha value is -2.15. The lowest BCUT2D eigenvalue weighted by molar-refractivity contribution is 0.0945. The summed E-state index contributed by atoms with van der Waals surface area (Å²) in [4.78, 5) is 12.5. The number of sulfonamides is 1. The highest BCUT2D eigenvalue weighted by molar-refractivity contribution is 7.89. The fourth-order valence-corrected chi connectivity index (χ4v) is 3.64. The zero-order valence-electron chi connectivity index (χ0n) is 15.3. The second kappa shape index (κ2) is 8.69. The zero-order chi connectivity index (χ0) is 20.1. The van der Waals surface area contributed by atoms with Crippen molar-refractivity contribution < 1.29 is 13.2 Å². The molecule has 0 fully saturated rings. The average molecular weight is 407 g/mol. The first-order chi connectivity index (χ1) is 12.7. The third-order valence-electron chi connectivity index (χ3n) is 4.14. The normalized spacial score (nSPS) is 11.8. The van der Waals surface area contributed by atoms with Crippen molar-refractivity contribution in [1.29, 1.82) is 0 Å². The van der Waals surface area contributed by atoms with Gasteiger partial charge in [0.15, 0.2) is 0 Å². The number of benzene rings is 2. The van der Waals surface area contributed by atoms with E-state index >= 15 is 0 Å². The quantitative estimate of drug-likeness (QED) is 0.658. The van der Waals surface area contributed by atoms with Crippen LogP contribution in [-0.4, -0.2) is 27.4 Å². The van der Waals surface area contributed by atoms with E-state index in [1.807, 2.05) is 32.0 Å². The van der Waals surface area contributed by atoms with Gasteiger partial charge >= 0.3 is 0 Å². The van der Waals surface area contributed by atoms with E-state index in [-0.39, 0.29) is 22.8 Å². The van der Waals surface area contributed by atoms with Crippen LogP contribution in [0.2, 0.25) is 5.02 Å². The molecule has 7 heteroatoms. The van der Waals surface area contributed by atoms with Crippen molar-refractivity contribution in [2.75, 3.05) is 13.1 Å². The van der Waals surface area contributed by atoms with Gasteiger partial charge in [0.1, 0.15) is 0 Å². The summed E-state index contributed by atoms with van der Waals surface area (Å²) in [5.41, 5.74) is 1.10. The van der Waals surface area contributed by atoms with E-state index in [9.17, 15) is 13.2 Å². The Morgan fingerprint density at radius 3 is 2.44 bits per heavy atom. The van der Waals surface area contributed by atoms with Crippen LogP contribution in [0, 0.1) is 0 Å². The Kier molecular flexibility index (Phi) is 6.81. The SMILES string of the molecule is C=CCNS(=O)(=O)c1ccc(C(=O)NCC(C)(C)c2cccc(Cl)c2)cc1. The van der Waals surface area contributed by atoms with Crippen LogP contribution in [0.5, 0.6) is 0 Å². The molecule has 0 aromatic heterocycles. The Balaban J connectivity index is 2.05. The molecule has 144 valence electrons. The highest BCUT2D eigenvalue weighted by Gasteiger charge is 2.22. The molecule has 0 saturated heterocycles. The van der Waals surface area contributed by atoms with E-state index in [4.69, 9.17) is 11.6 Å². The summed E-state index contributed by atoms with van der Waals surface area (Å²) < 4.78 is 26.5. The monoisotopic (exact) mass is 406 g/mol. The molecule has 2 N–H and O–H groups in total. The molecule has 27 heavy (non-hydrogen) atoms. The highest BCUT2D eigenvalue weighted by atomic mass is 35.5. The predicted octanol–water partition coefficient (Wildman–Crippen LogP) is 3.51. The lowest BCUT2D eigenvalue weighted by atomic mass is 9.84. The van der Waals surface area contributed by atoms with E-state index in [2.05, 4.69) is 16.6 Å². The van der Waals surface area contributed by atoms with Crippen molar-refractivity contribution in [1.82, 2.24) is 10.0 Å². The van der Waals surface area contributed by atoms with E-state index in [0.29, 0.717) is 17.1 Å². The molecule has 0 aliphatic heterocycles. The Morgan fingerprint density at radius 2 is 1.85 bits per heavy atom. The summed E-state index contributed by atoms with van der Waals surface area (Å²) in [6.45, 7) is 8.05. The van der Waals surface area contributed by atoms with Gasteiger partial charge in [-0.15, -0.1) is 6.58 Å². The van der Waals surface area contributed by atoms with Gasteiger partial charge in [-0.3, -0.25) is 4.79 Å². The topological polar surface area (TPSA) is 75.3 Å². The molecule has 0 atom stereocenters. The van der Waals surface area contributed by atoms with Crippen LogP contribution in [0.25, 0.3) is 0 Å². The maximum Gasteiger partial charge on any atom is 0.251 e. The van der Waals surface area contributed by atoms with Crippen molar-refractivity contribution in [3.8, 4) is 0 Å². The molecule has 0 aliphatic rings. The maximum absolute atomic E-state index is 12.4. The lowest BCUT2D eigenvalue weighted by Crippen LogP contribution is -2.36. The summed E-state index contributed by atoms with van der Waals surface area (Å²) in [7, 11) is -3.61. The maximum atomic E-state index is 12.4. The highest BCUT2D eigenvalue weighted by Crippen LogP contribution is 2.25. The molecule has 0 heterocycles. The summed E-state index contributed by atoms with van der Waals surface area (Å²) in [6.07, 6.45) is 1.46. The van der Waals surface area contributed by atoms with Gasteiger partial charge in [-0.2, -0.15) is 0 Å². The van der Waals surface area contributed by atoms with Gasteiger partial charge < -0.3 is 5.32 Å². The molecular weight excluding hydrogens is 384 g/mol. The first kappa shape index (κ1) is 21.2. The van der Waals surface area contributed by atoms with Crippen molar-refractivity contribution in [3.63, 3.8) is 0 Å². The lowest BCUT2D eigenvalue weighted by Gasteiger charge is -2.26. The van der Waals surface area contributed by atoms with Crippen LogP contribution in [0.3, 0.4) is 0 Å². The number of nitrogens with one attached hydrogen (secondary N) is 2. The van der Waals surface area contributed by atoms with Crippen LogP contribution in [-0.2, 0) is 15.4 Å². The number of rotatable bonds is 8. The second-order valence-corrected chi connectivity index (χ2v) is 8.95. The van der Waals surface area contributed by atoms with E-state index in [0.717, 1.165) is 5.56 Å². The van der Waals surface area contributed by atoms with Gasteiger partial charge in [0, 0.05) is 29.1 Å². The van der Waals surface area contributed by atoms with Gasteiger partial charge in [0.25, 0.3) is 5.91 Å². The number of amides is 1. The molecule has 0 radical (unpaired) electrons. The molecule has 2 rings (SSSR count). The number of halogens is 1. The average Bonchev–Trinajstić information content (AvgIpc) is 2.64. The third kappa shape index (κ3) is 5.66.